The van der Waals surface area contributed by atoms with Gasteiger partial charge in [-0.05, 0) is 12.1 Å². The van der Waals surface area contributed by atoms with Gasteiger partial charge in [-0.2, -0.15) is 10.4 Å². The quantitative estimate of drug-likeness (QED) is 0.789. The fraction of sp³-hybridized carbons (Fsp3) is 0.417. The van der Waals surface area contributed by atoms with Gasteiger partial charge in [0.25, 0.3) is 0 Å². The Hall–Kier alpha value is -2.17. The van der Waals surface area contributed by atoms with E-state index in [1.165, 1.54) is 6.33 Å². The van der Waals surface area contributed by atoms with Crippen LogP contribution in [0.1, 0.15) is 18.0 Å². The van der Waals surface area contributed by atoms with E-state index < -0.39 is 5.60 Å². The van der Waals surface area contributed by atoms with Crippen molar-refractivity contribution in [1.82, 2.24) is 14.6 Å². The SMILES string of the molecule is N#C[C@@]1(CO)CC(c2ccc3c(N)ncnn23)CO1. The van der Waals surface area contributed by atoms with E-state index in [9.17, 15) is 5.11 Å². The number of hydrogen-bond acceptors (Lipinski definition) is 6. The molecule has 0 amide bonds. The second-order valence-corrected chi connectivity index (χ2v) is 4.68. The molecule has 2 aromatic heterocycles. The highest BCUT2D eigenvalue weighted by Crippen LogP contribution is 2.36. The van der Waals surface area contributed by atoms with Gasteiger partial charge in [0.2, 0.25) is 0 Å². The number of rotatable bonds is 2. The van der Waals surface area contributed by atoms with E-state index in [2.05, 4.69) is 10.1 Å². The van der Waals surface area contributed by atoms with E-state index in [4.69, 9.17) is 15.7 Å². The van der Waals surface area contributed by atoms with Gasteiger partial charge in [0.1, 0.15) is 17.9 Å². The monoisotopic (exact) mass is 259 g/mol. The zero-order valence-electron chi connectivity index (χ0n) is 10.2. The van der Waals surface area contributed by atoms with Gasteiger partial charge < -0.3 is 15.6 Å². The molecule has 7 nitrogen and oxygen atoms in total. The van der Waals surface area contributed by atoms with Gasteiger partial charge in [0, 0.05) is 18.0 Å². The minimum Gasteiger partial charge on any atom is -0.392 e. The summed E-state index contributed by atoms with van der Waals surface area (Å²) in [6.45, 7) is 0.0740. The van der Waals surface area contributed by atoms with Crippen LogP contribution in [0.4, 0.5) is 5.82 Å². The average Bonchev–Trinajstić information content (AvgIpc) is 3.03. The zero-order valence-corrected chi connectivity index (χ0v) is 10.2. The van der Waals surface area contributed by atoms with Gasteiger partial charge in [-0.1, -0.05) is 0 Å². The van der Waals surface area contributed by atoms with Crippen molar-refractivity contribution in [2.24, 2.45) is 0 Å². The molecule has 0 bridgehead atoms. The minimum atomic E-state index is -1.10. The Balaban J connectivity index is 1.99. The number of nitriles is 1. The molecule has 1 fully saturated rings. The Morgan fingerprint density at radius 2 is 2.47 bits per heavy atom. The Morgan fingerprint density at radius 3 is 3.16 bits per heavy atom. The van der Waals surface area contributed by atoms with E-state index in [1.54, 1.807) is 4.52 Å². The van der Waals surface area contributed by atoms with Crippen LogP contribution in [0.2, 0.25) is 0 Å². The maximum absolute atomic E-state index is 9.29. The Kier molecular flexibility index (Phi) is 2.62. The summed E-state index contributed by atoms with van der Waals surface area (Å²) in [5.41, 5.74) is 6.32. The van der Waals surface area contributed by atoms with E-state index in [-0.39, 0.29) is 12.5 Å². The molecule has 0 saturated carbocycles. The van der Waals surface area contributed by atoms with Gasteiger partial charge in [0.15, 0.2) is 11.4 Å². The smallest absolute Gasteiger partial charge is 0.177 e. The lowest BCUT2D eigenvalue weighted by Crippen LogP contribution is -2.30. The second-order valence-electron chi connectivity index (χ2n) is 4.68. The predicted octanol–water partition coefficient (Wildman–Crippen LogP) is 0.0701. The van der Waals surface area contributed by atoms with Crippen LogP contribution in [0.3, 0.4) is 0 Å². The third-order valence-electron chi connectivity index (χ3n) is 3.53. The molecule has 98 valence electrons. The van der Waals surface area contributed by atoms with Gasteiger partial charge >= 0.3 is 0 Å². The van der Waals surface area contributed by atoms with E-state index in [0.29, 0.717) is 18.8 Å². The normalized spacial score (nSPS) is 26.6. The van der Waals surface area contributed by atoms with Gasteiger partial charge in [-0.15, -0.1) is 0 Å². The molecule has 1 unspecified atom stereocenters. The Labute approximate surface area is 109 Å². The summed E-state index contributed by atoms with van der Waals surface area (Å²) < 4.78 is 7.16. The zero-order chi connectivity index (χ0) is 13.5. The van der Waals surface area contributed by atoms with Crippen molar-refractivity contribution in [2.75, 3.05) is 18.9 Å². The van der Waals surface area contributed by atoms with Crippen LogP contribution >= 0.6 is 0 Å². The van der Waals surface area contributed by atoms with E-state index in [1.807, 2.05) is 18.2 Å². The number of nitrogens with zero attached hydrogens (tertiary/aromatic N) is 4. The maximum atomic E-state index is 9.29. The van der Waals surface area contributed by atoms with Crippen molar-refractivity contribution in [2.45, 2.75) is 17.9 Å². The van der Waals surface area contributed by atoms with Crippen LogP contribution in [-0.2, 0) is 4.74 Å². The first-order valence-corrected chi connectivity index (χ1v) is 5.93. The van der Waals surface area contributed by atoms with Crippen molar-refractivity contribution >= 4 is 11.3 Å². The number of aliphatic hydroxyl groups excluding tert-OH is 1. The van der Waals surface area contributed by atoms with E-state index >= 15 is 0 Å². The minimum absolute atomic E-state index is 0.00333. The van der Waals surface area contributed by atoms with E-state index in [0.717, 1.165) is 11.2 Å². The molecule has 7 heteroatoms. The van der Waals surface area contributed by atoms with Crippen LogP contribution < -0.4 is 5.73 Å². The lowest BCUT2D eigenvalue weighted by molar-refractivity contribution is 0.00452. The van der Waals surface area contributed by atoms with Crippen molar-refractivity contribution in [1.29, 1.82) is 5.26 Å². The number of nitrogen functional groups attached to an aromatic ring is 1. The molecule has 19 heavy (non-hydrogen) atoms. The second kappa shape index (κ2) is 4.19. The summed E-state index contributed by atoms with van der Waals surface area (Å²) in [7, 11) is 0. The molecule has 0 radical (unpaired) electrons. The lowest BCUT2D eigenvalue weighted by atomic mass is 9.94. The third-order valence-corrected chi connectivity index (χ3v) is 3.53. The highest BCUT2D eigenvalue weighted by Gasteiger charge is 2.41. The average molecular weight is 259 g/mol. The summed E-state index contributed by atoms with van der Waals surface area (Å²) in [6.07, 6.45) is 1.83. The molecule has 1 saturated heterocycles. The number of ether oxygens (including phenoxy) is 1. The molecule has 3 N–H and O–H groups in total. The van der Waals surface area contributed by atoms with Crippen molar-refractivity contribution in [3.8, 4) is 6.07 Å². The summed E-state index contributed by atoms with van der Waals surface area (Å²) >= 11 is 0. The number of fused-ring (bicyclic) bond motifs is 1. The molecule has 3 rings (SSSR count). The molecule has 1 aliphatic rings. The van der Waals surface area contributed by atoms with Crippen molar-refractivity contribution in [3.05, 3.63) is 24.2 Å². The standard InChI is InChI=1S/C12H13N5O2/c13-5-12(6-18)3-8(4-19-12)9-1-2-10-11(14)15-7-16-17(9)10/h1-2,7-8,18H,3-4,6H2,(H2,14,15,16)/t8?,12-/m1/s1. The molecular formula is C12H13N5O2. The summed E-state index contributed by atoms with van der Waals surface area (Å²) in [4.78, 5) is 3.93. The van der Waals surface area contributed by atoms with Crippen LogP contribution in [0.5, 0.6) is 0 Å². The van der Waals surface area contributed by atoms with Crippen LogP contribution in [0, 0.1) is 11.3 Å². The number of nitrogens with two attached hydrogens (primary N) is 1. The number of aliphatic hydroxyl groups is 1. The fourth-order valence-corrected chi connectivity index (χ4v) is 2.47. The van der Waals surface area contributed by atoms with Crippen LogP contribution in [0.15, 0.2) is 18.5 Å². The predicted molar refractivity (Wildman–Crippen MR) is 66.1 cm³/mol. The number of aromatic nitrogens is 3. The van der Waals surface area contributed by atoms with Gasteiger partial charge in [0.05, 0.1) is 13.2 Å². The first kappa shape index (κ1) is 11.9. The highest BCUT2D eigenvalue weighted by atomic mass is 16.5. The van der Waals surface area contributed by atoms with Crippen molar-refractivity contribution < 1.29 is 9.84 Å². The molecule has 1 aliphatic heterocycles. The van der Waals surface area contributed by atoms with Gasteiger partial charge in [-0.25, -0.2) is 9.50 Å². The first-order chi connectivity index (χ1) is 9.19. The highest BCUT2D eigenvalue weighted by molar-refractivity contribution is 5.65. The molecular weight excluding hydrogens is 246 g/mol. The van der Waals surface area contributed by atoms with Gasteiger partial charge in [-0.3, -0.25) is 0 Å². The third kappa shape index (κ3) is 1.73. The van der Waals surface area contributed by atoms with Crippen molar-refractivity contribution in [3.63, 3.8) is 0 Å². The molecule has 3 heterocycles. The Morgan fingerprint density at radius 1 is 1.63 bits per heavy atom. The summed E-state index contributed by atoms with van der Waals surface area (Å²) in [5.74, 6) is 0.414. The maximum Gasteiger partial charge on any atom is 0.177 e. The van der Waals surface area contributed by atoms with Crippen LogP contribution in [0.25, 0.3) is 5.52 Å². The molecule has 2 aromatic rings. The fourth-order valence-electron chi connectivity index (χ4n) is 2.47. The molecule has 0 aromatic carbocycles. The topological polar surface area (TPSA) is 109 Å². The number of anilines is 1. The van der Waals surface area contributed by atoms with Crippen LogP contribution in [-0.4, -0.2) is 38.5 Å². The molecule has 2 atom stereocenters. The Bertz CT molecular complexity index is 662. The number of hydrogen-bond donors (Lipinski definition) is 2. The molecule has 0 aliphatic carbocycles. The lowest BCUT2D eigenvalue weighted by Gasteiger charge is -2.15. The molecule has 0 spiro atoms. The summed E-state index contributed by atoms with van der Waals surface area (Å²) in [5, 5.41) is 22.6. The summed E-state index contributed by atoms with van der Waals surface area (Å²) in [6, 6.07) is 5.78. The largest absolute Gasteiger partial charge is 0.392 e. The first-order valence-electron chi connectivity index (χ1n) is 5.93.